The minimum Gasteiger partial charge on any atom is -0.391 e. The Hall–Kier alpha value is -1.06. The van der Waals surface area contributed by atoms with Crippen molar-refractivity contribution in [2.24, 2.45) is 0 Å². The number of nitrogens with one attached hydrogen (secondary N) is 1. The normalized spacial score (nSPS) is 14.0. The number of hydrogen-bond donors (Lipinski definition) is 2. The molecule has 0 aromatic rings. The first-order valence-corrected chi connectivity index (χ1v) is 4.72. The summed E-state index contributed by atoms with van der Waals surface area (Å²) >= 11 is 0. The van der Waals surface area contributed by atoms with Crippen molar-refractivity contribution < 1.29 is 9.59 Å². The van der Waals surface area contributed by atoms with Gasteiger partial charge in [-0.25, -0.2) is 0 Å². The van der Waals surface area contributed by atoms with E-state index >= 15 is 0 Å². The van der Waals surface area contributed by atoms with E-state index in [0.29, 0.717) is 0 Å². The number of hydrogen-bond acceptors (Lipinski definition) is 2. The maximum Gasteiger partial charge on any atom is 0.101 e. The molecule has 3 heteroatoms. The van der Waals surface area contributed by atoms with Gasteiger partial charge < -0.3 is 14.9 Å². The first-order chi connectivity index (χ1) is 6.56. The van der Waals surface area contributed by atoms with E-state index in [2.05, 4.69) is 26.5 Å². The van der Waals surface area contributed by atoms with E-state index in [1.807, 2.05) is 36.7 Å². The summed E-state index contributed by atoms with van der Waals surface area (Å²) in [5.74, 6) is 0. The van der Waals surface area contributed by atoms with Crippen molar-refractivity contribution in [2.45, 2.75) is 0 Å². The third-order valence-electron chi connectivity index (χ3n) is 1.49. The molecule has 1 aliphatic rings. The molecular formula is C11H21N2O+. The van der Waals surface area contributed by atoms with Crippen LogP contribution in [-0.4, -0.2) is 43.9 Å². The van der Waals surface area contributed by atoms with Gasteiger partial charge in [-0.15, -0.1) is 0 Å². The van der Waals surface area contributed by atoms with Crippen LogP contribution >= 0.6 is 0 Å². The number of likely N-dealkylation sites (N-methyl/N-ethyl adjacent to an activating group) is 1. The van der Waals surface area contributed by atoms with Crippen LogP contribution in [0.5, 0.6) is 0 Å². The summed E-state index contributed by atoms with van der Waals surface area (Å²) in [6.07, 6.45) is 11.6. The topological polar surface area (TPSA) is 32.3 Å². The first-order valence-electron chi connectivity index (χ1n) is 4.72. The highest BCUT2D eigenvalue weighted by Crippen LogP contribution is 1.84. The van der Waals surface area contributed by atoms with Crippen LogP contribution in [0.3, 0.4) is 0 Å². The second kappa shape index (κ2) is 7.35. The molecule has 0 fully saturated rings. The molecule has 1 rings (SSSR count). The van der Waals surface area contributed by atoms with Gasteiger partial charge in [-0.05, 0) is 12.2 Å². The molecular weight excluding hydrogens is 176 g/mol. The molecule has 0 saturated heterocycles. The zero-order valence-corrected chi connectivity index (χ0v) is 9.27. The van der Waals surface area contributed by atoms with Crippen molar-refractivity contribution in [2.75, 3.05) is 34.3 Å². The van der Waals surface area contributed by atoms with Gasteiger partial charge in [0.05, 0.1) is 27.7 Å². The van der Waals surface area contributed by atoms with Gasteiger partial charge >= 0.3 is 0 Å². The molecule has 0 aromatic heterocycles. The SMILES string of the molecule is C1=CC=CNC=C1.C[N+](C)(C)CCO. The van der Waals surface area contributed by atoms with E-state index in [-0.39, 0.29) is 6.61 Å². The average molecular weight is 197 g/mol. The van der Waals surface area contributed by atoms with Crippen molar-refractivity contribution in [3.05, 3.63) is 36.7 Å². The highest BCUT2D eigenvalue weighted by atomic mass is 16.3. The number of aliphatic hydroxyl groups excluding tert-OH is 1. The van der Waals surface area contributed by atoms with Crippen LogP contribution in [0.15, 0.2) is 36.7 Å². The molecule has 2 N–H and O–H groups in total. The maximum atomic E-state index is 8.39. The summed E-state index contributed by atoms with van der Waals surface area (Å²) in [7, 11) is 6.16. The van der Waals surface area contributed by atoms with Gasteiger partial charge in [0.15, 0.2) is 0 Å². The summed E-state index contributed by atoms with van der Waals surface area (Å²) in [5.41, 5.74) is 0. The zero-order chi connectivity index (χ0) is 10.9. The van der Waals surface area contributed by atoms with Crippen LogP contribution in [0, 0.1) is 0 Å². The molecule has 80 valence electrons. The number of aliphatic hydroxyl groups is 1. The van der Waals surface area contributed by atoms with Gasteiger partial charge in [-0.3, -0.25) is 0 Å². The Morgan fingerprint density at radius 3 is 1.79 bits per heavy atom. The molecule has 0 radical (unpaired) electrons. The van der Waals surface area contributed by atoms with E-state index in [1.54, 1.807) is 0 Å². The predicted molar refractivity (Wildman–Crippen MR) is 60.5 cm³/mol. The van der Waals surface area contributed by atoms with Crippen LogP contribution in [-0.2, 0) is 0 Å². The summed E-state index contributed by atoms with van der Waals surface area (Å²) in [6, 6.07) is 0. The van der Waals surface area contributed by atoms with Gasteiger partial charge in [0, 0.05) is 12.4 Å². The molecule has 1 aliphatic heterocycles. The number of allylic oxidation sites excluding steroid dienone is 4. The number of rotatable bonds is 2. The summed E-state index contributed by atoms with van der Waals surface area (Å²) in [4.78, 5) is 0. The summed E-state index contributed by atoms with van der Waals surface area (Å²) in [6.45, 7) is 1.11. The summed E-state index contributed by atoms with van der Waals surface area (Å²) < 4.78 is 0.844. The lowest BCUT2D eigenvalue weighted by Gasteiger charge is -2.21. The second-order valence-corrected chi connectivity index (χ2v) is 4.01. The van der Waals surface area contributed by atoms with Crippen molar-refractivity contribution in [3.8, 4) is 0 Å². The van der Waals surface area contributed by atoms with Crippen LogP contribution in [0.4, 0.5) is 0 Å². The van der Waals surface area contributed by atoms with Crippen molar-refractivity contribution in [1.82, 2.24) is 5.32 Å². The highest BCUT2D eigenvalue weighted by molar-refractivity contribution is 5.14. The fourth-order valence-corrected chi connectivity index (χ4v) is 0.706. The van der Waals surface area contributed by atoms with Crippen molar-refractivity contribution >= 4 is 0 Å². The van der Waals surface area contributed by atoms with Crippen molar-refractivity contribution in [1.29, 1.82) is 0 Å². The fraction of sp³-hybridized carbons (Fsp3) is 0.455. The third-order valence-corrected chi connectivity index (χ3v) is 1.49. The van der Waals surface area contributed by atoms with E-state index in [9.17, 15) is 0 Å². The molecule has 14 heavy (non-hydrogen) atoms. The van der Waals surface area contributed by atoms with E-state index in [1.165, 1.54) is 0 Å². The fourth-order valence-electron chi connectivity index (χ4n) is 0.706. The monoisotopic (exact) mass is 197 g/mol. The first kappa shape index (κ1) is 12.9. The lowest BCUT2D eigenvalue weighted by atomic mass is 10.5. The molecule has 0 atom stereocenters. The van der Waals surface area contributed by atoms with Gasteiger partial charge in [0.2, 0.25) is 0 Å². The van der Waals surface area contributed by atoms with E-state index in [0.717, 1.165) is 11.0 Å². The minimum atomic E-state index is 0.281. The maximum absolute atomic E-state index is 8.39. The van der Waals surface area contributed by atoms with Crippen LogP contribution < -0.4 is 5.32 Å². The zero-order valence-electron chi connectivity index (χ0n) is 9.27. The van der Waals surface area contributed by atoms with E-state index in [4.69, 9.17) is 5.11 Å². The Balaban J connectivity index is 0.000000241. The third kappa shape index (κ3) is 10.9. The van der Waals surface area contributed by atoms with Crippen LogP contribution in [0.1, 0.15) is 0 Å². The molecule has 1 heterocycles. The Morgan fingerprint density at radius 2 is 1.50 bits per heavy atom. The molecule has 0 aliphatic carbocycles. The molecule has 0 bridgehead atoms. The summed E-state index contributed by atoms with van der Waals surface area (Å²) in [5, 5.41) is 11.3. The van der Waals surface area contributed by atoms with Crippen molar-refractivity contribution in [3.63, 3.8) is 0 Å². The molecule has 0 amide bonds. The predicted octanol–water partition coefficient (Wildman–Crippen LogP) is 0.858. The molecule has 0 saturated carbocycles. The molecule has 0 aromatic carbocycles. The van der Waals surface area contributed by atoms with Crippen LogP contribution in [0.25, 0.3) is 0 Å². The molecule has 3 nitrogen and oxygen atoms in total. The lowest BCUT2D eigenvalue weighted by molar-refractivity contribution is -0.870. The van der Waals surface area contributed by atoms with Crippen LogP contribution in [0.2, 0.25) is 0 Å². The van der Waals surface area contributed by atoms with Gasteiger partial charge in [0.25, 0.3) is 0 Å². The number of quaternary nitrogens is 1. The smallest absolute Gasteiger partial charge is 0.101 e. The Kier molecular flexibility index (Phi) is 6.80. The molecule has 0 unspecified atom stereocenters. The number of nitrogens with zero attached hydrogens (tertiary/aromatic N) is 1. The minimum absolute atomic E-state index is 0.281. The largest absolute Gasteiger partial charge is 0.391 e. The van der Waals surface area contributed by atoms with E-state index < -0.39 is 0 Å². The Morgan fingerprint density at radius 1 is 1.00 bits per heavy atom. The Labute approximate surface area is 86.6 Å². The standard InChI is InChI=1S/C6H7N.C5H14NO/c1-2-4-6-7-5-3-1;1-6(2,3)4-5-7/h1-7H;7H,4-5H2,1-3H3/q;+1. The van der Waals surface area contributed by atoms with Gasteiger partial charge in [0.1, 0.15) is 6.54 Å². The quantitative estimate of drug-likeness (QED) is 0.643. The van der Waals surface area contributed by atoms with Gasteiger partial charge in [-0.2, -0.15) is 0 Å². The van der Waals surface area contributed by atoms with Gasteiger partial charge in [-0.1, -0.05) is 12.2 Å². The molecule has 0 spiro atoms. The average Bonchev–Trinajstić information content (AvgIpc) is 2.32. The lowest BCUT2D eigenvalue weighted by Crippen LogP contribution is -2.36. The highest BCUT2D eigenvalue weighted by Gasteiger charge is 2.02. The Bertz CT molecular complexity index is 198. The second-order valence-electron chi connectivity index (χ2n) is 4.01.